The Balaban J connectivity index is 0.00000352. The predicted molar refractivity (Wildman–Crippen MR) is 135 cm³/mol. The van der Waals surface area contributed by atoms with E-state index in [1.807, 2.05) is 13.8 Å². The molecule has 0 aliphatic carbocycles. The monoisotopic (exact) mass is 583 g/mol. The van der Waals surface area contributed by atoms with Crippen LogP contribution in [0, 0.1) is 0 Å². The van der Waals surface area contributed by atoms with Crippen molar-refractivity contribution in [2.45, 2.75) is 59.4 Å². The van der Waals surface area contributed by atoms with Gasteiger partial charge in [0.25, 0.3) is 5.91 Å². The Morgan fingerprint density at radius 3 is 1.89 bits per heavy atom. The van der Waals surface area contributed by atoms with Crippen LogP contribution in [0.5, 0.6) is 0 Å². The fourth-order valence-corrected chi connectivity index (χ4v) is 4.79. The quantitative estimate of drug-likeness (QED) is 0.175. The molecule has 0 fully saturated rings. The molecule has 0 atom stereocenters. The lowest BCUT2D eigenvalue weighted by atomic mass is 10.1. The average molecular weight is 584 g/mol. The third-order valence-corrected chi connectivity index (χ3v) is 7.07. The third kappa shape index (κ3) is 9.19. The van der Waals surface area contributed by atoms with Gasteiger partial charge in [0.05, 0.1) is 17.1 Å². The molecule has 1 aromatic heterocycles. The number of carbonyl (C=O) groups is 3. The number of hydrogen-bond donors (Lipinski definition) is 1. The minimum absolute atomic E-state index is 0.274. The molecular formula is C23H32F2NO10PS. The van der Waals surface area contributed by atoms with Crippen LogP contribution in [-0.4, -0.2) is 51.1 Å². The van der Waals surface area contributed by atoms with Gasteiger partial charge in [0.15, 0.2) is 0 Å². The average Bonchev–Trinajstić information content (AvgIpc) is 3.27. The summed E-state index contributed by atoms with van der Waals surface area (Å²) >= 11 is 1.07. The van der Waals surface area contributed by atoms with E-state index in [1.54, 1.807) is 0 Å². The standard InChI is InChI=1S/C21H26F2NO10PS.C2H6/c1-12(2)33-19(26)29-10-31-35(28,32-11-30-20(27)34-13(3)4)21(22,23)15-6-7-16-14(8-15)9-17(36-16)18(25)24-5;1-2/h6-9,12-13H,10-11H2,1-5H3,(H,24,25);1-2H3. The highest BCUT2D eigenvalue weighted by molar-refractivity contribution is 7.54. The van der Waals surface area contributed by atoms with Gasteiger partial charge in [-0.15, -0.1) is 11.3 Å². The van der Waals surface area contributed by atoms with E-state index < -0.39 is 62.8 Å². The van der Waals surface area contributed by atoms with Crippen molar-refractivity contribution in [3.05, 3.63) is 34.7 Å². The number of alkyl halides is 2. The van der Waals surface area contributed by atoms with Gasteiger partial charge in [0.1, 0.15) is 0 Å². The molecule has 1 amide bonds. The van der Waals surface area contributed by atoms with Crippen LogP contribution in [0.1, 0.15) is 56.8 Å². The van der Waals surface area contributed by atoms with Crippen LogP contribution in [0.4, 0.5) is 18.4 Å². The summed E-state index contributed by atoms with van der Waals surface area (Å²) in [7, 11) is -4.07. The van der Waals surface area contributed by atoms with Crippen molar-refractivity contribution in [1.29, 1.82) is 0 Å². The zero-order valence-electron chi connectivity index (χ0n) is 22.1. The second kappa shape index (κ2) is 15.0. The van der Waals surface area contributed by atoms with Crippen LogP contribution in [0.15, 0.2) is 24.3 Å². The van der Waals surface area contributed by atoms with Crippen molar-refractivity contribution < 1.29 is 55.7 Å². The number of rotatable bonds is 11. The minimum Gasteiger partial charge on any atom is -0.432 e. The molecule has 0 spiro atoms. The van der Waals surface area contributed by atoms with Crippen LogP contribution in [-0.2, 0) is 38.2 Å². The third-order valence-electron chi connectivity index (χ3n) is 4.12. The summed E-state index contributed by atoms with van der Waals surface area (Å²) in [6, 6.07) is 4.70. The molecule has 2 rings (SSSR count). The Bertz CT molecular complexity index is 1110. The first kappa shape index (κ1) is 33.2. The van der Waals surface area contributed by atoms with Gasteiger partial charge in [0, 0.05) is 17.3 Å². The maximum atomic E-state index is 15.5. The van der Waals surface area contributed by atoms with Gasteiger partial charge < -0.3 is 24.3 Å². The lowest BCUT2D eigenvalue weighted by molar-refractivity contribution is -0.0527. The molecule has 0 radical (unpaired) electrons. The molecule has 1 heterocycles. The normalized spacial score (nSPS) is 11.6. The van der Waals surface area contributed by atoms with Crippen LogP contribution < -0.4 is 5.32 Å². The molecular weight excluding hydrogens is 551 g/mol. The highest BCUT2D eigenvalue weighted by Crippen LogP contribution is 2.67. The van der Waals surface area contributed by atoms with Crippen molar-refractivity contribution >= 4 is 47.2 Å². The molecule has 0 aliphatic rings. The number of carbonyl (C=O) groups excluding carboxylic acids is 3. The number of hydrogen-bond acceptors (Lipinski definition) is 11. The van der Waals surface area contributed by atoms with Gasteiger partial charge in [0.2, 0.25) is 13.6 Å². The lowest BCUT2D eigenvalue weighted by Crippen LogP contribution is -2.22. The number of halogens is 2. The largest absolute Gasteiger partial charge is 0.510 e. The Morgan fingerprint density at radius 2 is 1.45 bits per heavy atom. The van der Waals surface area contributed by atoms with Gasteiger partial charge >= 0.3 is 25.6 Å². The minimum atomic E-state index is -5.50. The maximum absolute atomic E-state index is 15.5. The zero-order chi connectivity index (χ0) is 29.1. The molecule has 2 aromatic rings. The molecule has 11 nitrogen and oxygen atoms in total. The van der Waals surface area contributed by atoms with E-state index in [-0.39, 0.29) is 10.3 Å². The highest BCUT2D eigenvalue weighted by Gasteiger charge is 2.56. The van der Waals surface area contributed by atoms with E-state index in [1.165, 1.54) is 46.9 Å². The number of ether oxygens (including phenoxy) is 4. The number of benzene rings is 1. The van der Waals surface area contributed by atoms with Gasteiger partial charge in [-0.3, -0.25) is 18.4 Å². The van der Waals surface area contributed by atoms with E-state index in [2.05, 4.69) is 24.3 Å². The van der Waals surface area contributed by atoms with Crippen molar-refractivity contribution in [3.63, 3.8) is 0 Å². The first-order valence-corrected chi connectivity index (χ1v) is 13.8. The van der Waals surface area contributed by atoms with Gasteiger partial charge in [-0.2, -0.15) is 8.78 Å². The van der Waals surface area contributed by atoms with E-state index in [4.69, 9.17) is 9.05 Å². The summed E-state index contributed by atoms with van der Waals surface area (Å²) in [5.74, 6) is -0.405. The summed E-state index contributed by atoms with van der Waals surface area (Å²) in [6.45, 7) is 7.66. The molecule has 214 valence electrons. The van der Waals surface area contributed by atoms with Crippen molar-refractivity contribution in [2.24, 2.45) is 0 Å². The first-order chi connectivity index (χ1) is 17.8. The Labute approximate surface area is 223 Å². The topological polar surface area (TPSA) is 136 Å². The summed E-state index contributed by atoms with van der Waals surface area (Å²) in [4.78, 5) is 35.2. The molecule has 0 bridgehead atoms. The summed E-state index contributed by atoms with van der Waals surface area (Å²) in [5.41, 5.74) is -5.08. The number of fused-ring (bicyclic) bond motifs is 1. The Morgan fingerprint density at radius 1 is 0.947 bits per heavy atom. The van der Waals surface area contributed by atoms with Gasteiger partial charge in [-0.25, -0.2) is 9.59 Å². The summed E-state index contributed by atoms with van der Waals surface area (Å²) < 4.78 is 72.6. The number of amides is 1. The van der Waals surface area contributed by atoms with Crippen molar-refractivity contribution in [2.75, 3.05) is 20.6 Å². The zero-order valence-corrected chi connectivity index (χ0v) is 23.8. The van der Waals surface area contributed by atoms with Crippen LogP contribution in [0.25, 0.3) is 10.1 Å². The lowest BCUT2D eigenvalue weighted by Gasteiger charge is -2.26. The van der Waals surface area contributed by atoms with Crippen LogP contribution in [0.2, 0.25) is 0 Å². The molecule has 0 unspecified atom stereocenters. The predicted octanol–water partition coefficient (Wildman–Crippen LogP) is 6.60. The summed E-state index contributed by atoms with van der Waals surface area (Å²) in [5, 5.41) is 2.71. The van der Waals surface area contributed by atoms with E-state index >= 15 is 8.78 Å². The molecule has 1 aromatic carbocycles. The smallest absolute Gasteiger partial charge is 0.432 e. The second-order valence-corrected chi connectivity index (χ2v) is 10.8. The SMILES string of the molecule is CC.CNC(=O)c1cc2cc(C(F)(F)P(=O)(OCOC(=O)OC(C)C)OCOC(=O)OC(C)C)ccc2s1. The van der Waals surface area contributed by atoms with E-state index in [0.29, 0.717) is 4.70 Å². The molecule has 0 aliphatic heterocycles. The second-order valence-electron chi connectivity index (χ2n) is 7.60. The number of nitrogens with one attached hydrogen (secondary N) is 1. The van der Waals surface area contributed by atoms with Crippen LogP contribution in [0.3, 0.4) is 0 Å². The molecule has 15 heteroatoms. The molecule has 0 saturated heterocycles. The summed E-state index contributed by atoms with van der Waals surface area (Å²) in [6.07, 6.45) is -3.64. The highest BCUT2D eigenvalue weighted by atomic mass is 32.1. The maximum Gasteiger partial charge on any atom is 0.510 e. The fraction of sp³-hybridized carbons (Fsp3) is 0.522. The van der Waals surface area contributed by atoms with E-state index in [9.17, 15) is 18.9 Å². The Hall–Kier alpha value is -2.80. The fourth-order valence-electron chi connectivity index (χ4n) is 2.56. The van der Waals surface area contributed by atoms with Crippen LogP contribution >= 0.6 is 18.9 Å². The van der Waals surface area contributed by atoms with E-state index in [0.717, 1.165) is 23.5 Å². The van der Waals surface area contributed by atoms with Crippen molar-refractivity contribution in [3.8, 4) is 0 Å². The van der Waals surface area contributed by atoms with Crippen molar-refractivity contribution in [1.82, 2.24) is 5.32 Å². The number of thiophene rings is 1. The first-order valence-electron chi connectivity index (χ1n) is 11.5. The molecule has 38 heavy (non-hydrogen) atoms. The Kier molecular flexibility index (Phi) is 13.1. The molecule has 0 saturated carbocycles. The van der Waals surface area contributed by atoms with Gasteiger partial charge in [-0.1, -0.05) is 19.9 Å². The molecule has 1 N–H and O–H groups in total. The van der Waals surface area contributed by atoms with Gasteiger partial charge in [-0.05, 0) is 51.3 Å².